The van der Waals surface area contributed by atoms with Gasteiger partial charge in [0.1, 0.15) is 5.54 Å². The third kappa shape index (κ3) is 2.19. The van der Waals surface area contributed by atoms with E-state index >= 15 is 0 Å². The number of carbonyl (C=O) groups is 1. The van der Waals surface area contributed by atoms with Gasteiger partial charge in [-0.2, -0.15) is 0 Å². The first-order valence-electron chi connectivity index (χ1n) is 3.93. The maximum absolute atomic E-state index is 11.3. The summed E-state index contributed by atoms with van der Waals surface area (Å²) >= 11 is 0. The standard InChI is InChI=1S/C8H17NO3/c1-5-8(9-2,6-11-3)7(10)12-4/h9H,5-6H2,1-4H3. The zero-order valence-corrected chi connectivity index (χ0v) is 8.14. The molecule has 0 saturated carbocycles. The molecule has 0 spiro atoms. The van der Waals surface area contributed by atoms with Crippen LogP contribution in [0.5, 0.6) is 0 Å². The van der Waals surface area contributed by atoms with Gasteiger partial charge in [0.25, 0.3) is 0 Å². The van der Waals surface area contributed by atoms with Crippen LogP contribution in [0.3, 0.4) is 0 Å². The number of ether oxygens (including phenoxy) is 2. The molecule has 0 fully saturated rings. The van der Waals surface area contributed by atoms with Crippen LogP contribution in [0.15, 0.2) is 0 Å². The van der Waals surface area contributed by atoms with Crippen molar-refractivity contribution in [2.24, 2.45) is 0 Å². The van der Waals surface area contributed by atoms with E-state index in [-0.39, 0.29) is 5.97 Å². The van der Waals surface area contributed by atoms with E-state index in [1.165, 1.54) is 7.11 Å². The molecule has 12 heavy (non-hydrogen) atoms. The average molecular weight is 175 g/mol. The van der Waals surface area contributed by atoms with Crippen molar-refractivity contribution in [1.29, 1.82) is 0 Å². The number of methoxy groups -OCH3 is 2. The van der Waals surface area contributed by atoms with E-state index in [1.54, 1.807) is 14.2 Å². The maximum Gasteiger partial charge on any atom is 0.328 e. The highest BCUT2D eigenvalue weighted by molar-refractivity contribution is 5.80. The molecule has 0 amide bonds. The summed E-state index contributed by atoms with van der Waals surface area (Å²) in [4.78, 5) is 11.3. The number of rotatable bonds is 5. The normalized spacial score (nSPS) is 15.3. The lowest BCUT2D eigenvalue weighted by Crippen LogP contribution is -2.54. The molecule has 72 valence electrons. The van der Waals surface area contributed by atoms with Gasteiger partial charge >= 0.3 is 5.97 Å². The lowest BCUT2D eigenvalue weighted by molar-refractivity contribution is -0.151. The van der Waals surface area contributed by atoms with Gasteiger partial charge in [-0.25, -0.2) is 4.79 Å². The molecule has 0 rings (SSSR count). The van der Waals surface area contributed by atoms with E-state index < -0.39 is 5.54 Å². The van der Waals surface area contributed by atoms with E-state index in [0.717, 1.165) is 0 Å². The summed E-state index contributed by atoms with van der Waals surface area (Å²) in [5.41, 5.74) is -0.691. The molecule has 0 radical (unpaired) electrons. The molecule has 1 N–H and O–H groups in total. The quantitative estimate of drug-likeness (QED) is 0.605. The van der Waals surface area contributed by atoms with Crippen molar-refractivity contribution in [3.05, 3.63) is 0 Å². The molecule has 0 bridgehead atoms. The minimum Gasteiger partial charge on any atom is -0.468 e. The fraction of sp³-hybridized carbons (Fsp3) is 0.875. The molecule has 0 saturated heterocycles. The van der Waals surface area contributed by atoms with Gasteiger partial charge in [0.2, 0.25) is 0 Å². The van der Waals surface area contributed by atoms with Crippen LogP contribution in [0.1, 0.15) is 13.3 Å². The predicted octanol–water partition coefficient (Wildman–Crippen LogP) is 0.174. The molecule has 0 aliphatic heterocycles. The summed E-state index contributed by atoms with van der Waals surface area (Å²) in [7, 11) is 4.66. The molecule has 1 unspecified atom stereocenters. The van der Waals surface area contributed by atoms with Crippen LogP contribution >= 0.6 is 0 Å². The molecule has 0 aromatic carbocycles. The minimum absolute atomic E-state index is 0.283. The van der Waals surface area contributed by atoms with E-state index in [9.17, 15) is 4.79 Å². The number of hydrogen-bond acceptors (Lipinski definition) is 4. The van der Waals surface area contributed by atoms with Crippen LogP contribution < -0.4 is 5.32 Å². The average Bonchev–Trinajstić information content (AvgIpc) is 2.13. The van der Waals surface area contributed by atoms with Crippen molar-refractivity contribution in [1.82, 2.24) is 5.32 Å². The van der Waals surface area contributed by atoms with Crippen LogP contribution in [-0.4, -0.2) is 39.4 Å². The van der Waals surface area contributed by atoms with Crippen LogP contribution in [0.2, 0.25) is 0 Å². The van der Waals surface area contributed by atoms with Crippen molar-refractivity contribution >= 4 is 5.97 Å². The van der Waals surface area contributed by atoms with Gasteiger partial charge in [0, 0.05) is 7.11 Å². The zero-order chi connectivity index (χ0) is 9.61. The van der Waals surface area contributed by atoms with Crippen molar-refractivity contribution in [3.8, 4) is 0 Å². The van der Waals surface area contributed by atoms with Gasteiger partial charge in [0.15, 0.2) is 0 Å². The fourth-order valence-electron chi connectivity index (χ4n) is 1.10. The van der Waals surface area contributed by atoms with E-state index in [2.05, 4.69) is 10.1 Å². The molecule has 0 aliphatic carbocycles. The molecule has 0 aromatic rings. The Hall–Kier alpha value is -0.610. The number of carbonyl (C=O) groups excluding carboxylic acids is 1. The second-order valence-corrected chi connectivity index (χ2v) is 2.61. The highest BCUT2D eigenvalue weighted by atomic mass is 16.5. The van der Waals surface area contributed by atoms with Crippen LogP contribution in [0, 0.1) is 0 Å². The summed E-state index contributed by atoms with van der Waals surface area (Å²) in [5.74, 6) is -0.283. The van der Waals surface area contributed by atoms with E-state index in [4.69, 9.17) is 4.74 Å². The fourth-order valence-corrected chi connectivity index (χ4v) is 1.10. The Labute approximate surface area is 73.2 Å². The lowest BCUT2D eigenvalue weighted by Gasteiger charge is -2.28. The molecular weight excluding hydrogens is 158 g/mol. The van der Waals surface area contributed by atoms with E-state index in [1.807, 2.05) is 6.92 Å². The number of hydrogen-bond donors (Lipinski definition) is 1. The Morgan fingerprint density at radius 2 is 2.08 bits per heavy atom. The molecule has 0 aliphatic rings. The molecule has 4 nitrogen and oxygen atoms in total. The van der Waals surface area contributed by atoms with Crippen LogP contribution in [0.4, 0.5) is 0 Å². The third-order valence-corrected chi connectivity index (χ3v) is 2.05. The highest BCUT2D eigenvalue weighted by Crippen LogP contribution is 2.11. The number of nitrogens with one attached hydrogen (secondary N) is 1. The SMILES string of the molecule is CCC(COC)(NC)C(=O)OC. The third-order valence-electron chi connectivity index (χ3n) is 2.05. The molecule has 0 aromatic heterocycles. The van der Waals surface area contributed by atoms with Crippen molar-refractivity contribution < 1.29 is 14.3 Å². The predicted molar refractivity (Wildman–Crippen MR) is 46.0 cm³/mol. The van der Waals surface area contributed by atoms with Gasteiger partial charge < -0.3 is 14.8 Å². The first kappa shape index (κ1) is 11.4. The Bertz CT molecular complexity index is 143. The second-order valence-electron chi connectivity index (χ2n) is 2.61. The van der Waals surface area contributed by atoms with Gasteiger partial charge in [-0.3, -0.25) is 0 Å². The van der Waals surface area contributed by atoms with E-state index in [0.29, 0.717) is 13.0 Å². The summed E-state index contributed by atoms with van der Waals surface area (Å²) < 4.78 is 9.62. The summed E-state index contributed by atoms with van der Waals surface area (Å²) in [6.45, 7) is 2.24. The highest BCUT2D eigenvalue weighted by Gasteiger charge is 2.36. The molecular formula is C8H17NO3. The van der Waals surface area contributed by atoms with Crippen LogP contribution in [0.25, 0.3) is 0 Å². The lowest BCUT2D eigenvalue weighted by atomic mass is 9.98. The van der Waals surface area contributed by atoms with Gasteiger partial charge in [-0.05, 0) is 13.5 Å². The molecule has 0 heterocycles. The number of likely N-dealkylation sites (N-methyl/N-ethyl adjacent to an activating group) is 1. The Balaban J connectivity index is 4.44. The van der Waals surface area contributed by atoms with Crippen molar-refractivity contribution in [3.63, 3.8) is 0 Å². The summed E-state index contributed by atoms with van der Waals surface area (Å²) in [6, 6.07) is 0. The molecule has 4 heteroatoms. The largest absolute Gasteiger partial charge is 0.468 e. The second kappa shape index (κ2) is 5.11. The Morgan fingerprint density at radius 3 is 2.33 bits per heavy atom. The maximum atomic E-state index is 11.3. The van der Waals surface area contributed by atoms with Gasteiger partial charge in [0.05, 0.1) is 13.7 Å². The zero-order valence-electron chi connectivity index (χ0n) is 8.14. The van der Waals surface area contributed by atoms with Crippen molar-refractivity contribution in [2.75, 3.05) is 27.9 Å². The van der Waals surface area contributed by atoms with Gasteiger partial charge in [-0.15, -0.1) is 0 Å². The van der Waals surface area contributed by atoms with Crippen molar-refractivity contribution in [2.45, 2.75) is 18.9 Å². The topological polar surface area (TPSA) is 47.6 Å². The van der Waals surface area contributed by atoms with Gasteiger partial charge in [-0.1, -0.05) is 6.92 Å². The first-order chi connectivity index (χ1) is 5.66. The Kier molecular flexibility index (Phi) is 4.85. The smallest absolute Gasteiger partial charge is 0.328 e. The summed E-state index contributed by atoms with van der Waals surface area (Å²) in [5, 5.41) is 2.92. The van der Waals surface area contributed by atoms with Crippen LogP contribution in [-0.2, 0) is 14.3 Å². The molecule has 1 atom stereocenters. The Morgan fingerprint density at radius 1 is 1.50 bits per heavy atom. The summed E-state index contributed by atoms with van der Waals surface area (Å²) in [6.07, 6.45) is 0.643. The minimum atomic E-state index is -0.691. The first-order valence-corrected chi connectivity index (χ1v) is 3.93. The number of esters is 1. The monoisotopic (exact) mass is 175 g/mol.